The first-order valence-electron chi connectivity index (χ1n) is 8.18. The molecule has 0 bridgehead atoms. The number of nitrogens with one attached hydrogen (secondary N) is 1. The Kier molecular flexibility index (Phi) is 4.23. The van der Waals surface area contributed by atoms with Gasteiger partial charge in [0.2, 0.25) is 0 Å². The van der Waals surface area contributed by atoms with E-state index in [2.05, 4.69) is 26.1 Å². The van der Waals surface area contributed by atoms with Crippen LogP contribution in [0.4, 0.5) is 11.4 Å². The van der Waals surface area contributed by atoms with Crippen LogP contribution in [0.2, 0.25) is 0 Å². The first-order valence-corrected chi connectivity index (χ1v) is 8.18. The second-order valence-corrected chi connectivity index (χ2v) is 7.16. The van der Waals surface area contributed by atoms with Crippen LogP contribution in [0.15, 0.2) is 42.5 Å². The van der Waals surface area contributed by atoms with Gasteiger partial charge in [-0.25, -0.2) is 0 Å². The molecule has 0 spiro atoms. The van der Waals surface area contributed by atoms with Crippen LogP contribution in [0.5, 0.6) is 0 Å². The van der Waals surface area contributed by atoms with Gasteiger partial charge in [0.25, 0.3) is 17.5 Å². The van der Waals surface area contributed by atoms with Crippen LogP contribution < -0.4 is 5.32 Å². The lowest BCUT2D eigenvalue weighted by Gasteiger charge is -2.20. The van der Waals surface area contributed by atoms with E-state index in [1.165, 1.54) is 23.8 Å². The van der Waals surface area contributed by atoms with E-state index in [1.54, 1.807) is 0 Å². The summed E-state index contributed by atoms with van der Waals surface area (Å²) in [6.07, 6.45) is 0. The Hall–Kier alpha value is -3.22. The Labute approximate surface area is 150 Å². The number of rotatable bonds is 4. The molecule has 1 aliphatic heterocycles. The van der Waals surface area contributed by atoms with Crippen molar-refractivity contribution in [3.05, 3.63) is 69.3 Å². The largest absolute Gasteiger partial charge is 0.367 e. The number of anilines is 1. The average Bonchev–Trinajstić information content (AvgIpc) is 2.83. The number of hydrogen-bond donors (Lipinski definition) is 1. The molecule has 0 saturated carbocycles. The first kappa shape index (κ1) is 17.6. The van der Waals surface area contributed by atoms with Gasteiger partial charge in [0.1, 0.15) is 5.56 Å². The standard InChI is InChI=1S/C19H19N3O4/c1-19(2,3)12-7-9-13(10-8-12)20-11-21-17(23)14-5-4-6-15(22(25)26)16(14)18(21)24/h4-10,20H,11H2,1-3H3. The molecule has 7 heteroatoms. The molecule has 0 unspecified atom stereocenters. The van der Waals surface area contributed by atoms with E-state index in [9.17, 15) is 19.7 Å². The Balaban J connectivity index is 1.78. The number of nitro groups is 1. The molecule has 1 aliphatic rings. The Bertz CT molecular complexity index is 898. The van der Waals surface area contributed by atoms with Crippen molar-refractivity contribution in [2.45, 2.75) is 26.2 Å². The van der Waals surface area contributed by atoms with Gasteiger partial charge in [-0.3, -0.25) is 24.6 Å². The zero-order valence-electron chi connectivity index (χ0n) is 14.8. The maximum atomic E-state index is 12.5. The Morgan fingerprint density at radius 1 is 1.04 bits per heavy atom. The molecule has 2 aromatic carbocycles. The number of carbonyl (C=O) groups is 2. The summed E-state index contributed by atoms with van der Waals surface area (Å²) in [6, 6.07) is 11.8. The average molecular weight is 353 g/mol. The Morgan fingerprint density at radius 3 is 2.27 bits per heavy atom. The van der Waals surface area contributed by atoms with Crippen LogP contribution in [0.3, 0.4) is 0 Å². The molecule has 134 valence electrons. The van der Waals surface area contributed by atoms with Crippen LogP contribution >= 0.6 is 0 Å². The predicted octanol–water partition coefficient (Wildman–Crippen LogP) is 3.56. The van der Waals surface area contributed by atoms with Gasteiger partial charge in [-0.05, 0) is 29.2 Å². The molecule has 7 nitrogen and oxygen atoms in total. The van der Waals surface area contributed by atoms with Crippen molar-refractivity contribution < 1.29 is 14.5 Å². The van der Waals surface area contributed by atoms with E-state index >= 15 is 0 Å². The van der Waals surface area contributed by atoms with Gasteiger partial charge >= 0.3 is 0 Å². The van der Waals surface area contributed by atoms with Crippen molar-refractivity contribution in [1.82, 2.24) is 4.90 Å². The zero-order valence-corrected chi connectivity index (χ0v) is 14.8. The number of nitro benzene ring substituents is 1. The van der Waals surface area contributed by atoms with Gasteiger partial charge in [-0.2, -0.15) is 0 Å². The van der Waals surface area contributed by atoms with Crippen LogP contribution in [0.1, 0.15) is 47.1 Å². The van der Waals surface area contributed by atoms with Gasteiger partial charge < -0.3 is 5.32 Å². The molecule has 26 heavy (non-hydrogen) atoms. The summed E-state index contributed by atoms with van der Waals surface area (Å²) in [6.45, 7) is 6.28. The summed E-state index contributed by atoms with van der Waals surface area (Å²) < 4.78 is 0. The summed E-state index contributed by atoms with van der Waals surface area (Å²) >= 11 is 0. The SMILES string of the molecule is CC(C)(C)c1ccc(NCN2C(=O)c3cccc([N+](=O)[O-])c3C2=O)cc1. The van der Waals surface area contributed by atoms with Gasteiger partial charge in [-0.1, -0.05) is 39.0 Å². The fourth-order valence-corrected chi connectivity index (χ4v) is 2.87. The van der Waals surface area contributed by atoms with Crippen molar-refractivity contribution in [2.24, 2.45) is 0 Å². The van der Waals surface area contributed by atoms with Crippen molar-refractivity contribution in [3.8, 4) is 0 Å². The third kappa shape index (κ3) is 3.03. The van der Waals surface area contributed by atoms with Crippen molar-refractivity contribution in [1.29, 1.82) is 0 Å². The van der Waals surface area contributed by atoms with Gasteiger partial charge in [-0.15, -0.1) is 0 Å². The minimum absolute atomic E-state index is 0.0278. The smallest absolute Gasteiger partial charge is 0.282 e. The zero-order chi connectivity index (χ0) is 19.1. The number of nitrogens with zero attached hydrogens (tertiary/aromatic N) is 2. The molecule has 2 aromatic rings. The number of amides is 2. The van der Waals surface area contributed by atoms with Crippen molar-refractivity contribution >= 4 is 23.2 Å². The second kappa shape index (κ2) is 6.25. The minimum atomic E-state index is -0.656. The molecule has 0 atom stereocenters. The molecule has 0 fully saturated rings. The quantitative estimate of drug-likeness (QED) is 0.515. The van der Waals surface area contributed by atoms with E-state index in [1.807, 2.05) is 24.3 Å². The topological polar surface area (TPSA) is 92.6 Å². The molecule has 0 aliphatic carbocycles. The lowest BCUT2D eigenvalue weighted by molar-refractivity contribution is -0.385. The molecule has 1 heterocycles. The summed E-state index contributed by atoms with van der Waals surface area (Å²) in [4.78, 5) is 36.4. The highest BCUT2D eigenvalue weighted by Crippen LogP contribution is 2.30. The van der Waals surface area contributed by atoms with E-state index < -0.39 is 16.7 Å². The lowest BCUT2D eigenvalue weighted by atomic mass is 9.87. The summed E-state index contributed by atoms with van der Waals surface area (Å²) in [5.74, 6) is -1.19. The fourth-order valence-electron chi connectivity index (χ4n) is 2.87. The molecule has 2 amide bonds. The number of imide groups is 1. The third-order valence-electron chi connectivity index (χ3n) is 4.37. The molecule has 0 radical (unpaired) electrons. The van der Waals surface area contributed by atoms with Crippen LogP contribution in [0, 0.1) is 10.1 Å². The molecular weight excluding hydrogens is 334 g/mol. The molecule has 1 N–H and O–H groups in total. The van der Waals surface area contributed by atoms with Gasteiger partial charge in [0, 0.05) is 11.8 Å². The van der Waals surface area contributed by atoms with E-state index in [0.29, 0.717) is 0 Å². The molecule has 3 rings (SSSR count). The number of carbonyl (C=O) groups excluding carboxylic acids is 2. The fraction of sp³-hybridized carbons (Fsp3) is 0.263. The van der Waals surface area contributed by atoms with Crippen LogP contribution in [-0.4, -0.2) is 28.3 Å². The minimum Gasteiger partial charge on any atom is -0.367 e. The summed E-state index contributed by atoms with van der Waals surface area (Å²) in [5.41, 5.74) is 1.52. The maximum absolute atomic E-state index is 12.5. The normalized spacial score (nSPS) is 13.7. The number of hydrogen-bond acceptors (Lipinski definition) is 5. The van der Waals surface area contributed by atoms with Crippen molar-refractivity contribution in [3.63, 3.8) is 0 Å². The summed E-state index contributed by atoms with van der Waals surface area (Å²) in [7, 11) is 0. The highest BCUT2D eigenvalue weighted by Gasteiger charge is 2.40. The van der Waals surface area contributed by atoms with E-state index in [0.717, 1.165) is 10.6 Å². The van der Waals surface area contributed by atoms with E-state index in [-0.39, 0.29) is 28.9 Å². The number of fused-ring (bicyclic) bond motifs is 1. The summed E-state index contributed by atoms with van der Waals surface area (Å²) in [5, 5.41) is 14.1. The third-order valence-corrected chi connectivity index (χ3v) is 4.37. The van der Waals surface area contributed by atoms with Crippen LogP contribution in [-0.2, 0) is 5.41 Å². The van der Waals surface area contributed by atoms with Gasteiger partial charge in [0.15, 0.2) is 0 Å². The van der Waals surface area contributed by atoms with E-state index in [4.69, 9.17) is 0 Å². The highest BCUT2D eigenvalue weighted by atomic mass is 16.6. The maximum Gasteiger partial charge on any atom is 0.282 e. The lowest BCUT2D eigenvalue weighted by Crippen LogP contribution is -2.34. The van der Waals surface area contributed by atoms with Crippen LogP contribution in [0.25, 0.3) is 0 Å². The number of benzene rings is 2. The molecule has 0 aromatic heterocycles. The highest BCUT2D eigenvalue weighted by molar-refractivity contribution is 6.23. The molecule has 0 saturated heterocycles. The first-order chi connectivity index (χ1) is 12.2. The monoisotopic (exact) mass is 353 g/mol. The predicted molar refractivity (Wildman–Crippen MR) is 97.2 cm³/mol. The second-order valence-electron chi connectivity index (χ2n) is 7.16. The Morgan fingerprint density at radius 2 is 1.69 bits per heavy atom. The van der Waals surface area contributed by atoms with Gasteiger partial charge in [0.05, 0.1) is 17.2 Å². The van der Waals surface area contributed by atoms with Crippen molar-refractivity contribution in [2.75, 3.05) is 12.0 Å². The molecular formula is C19H19N3O4.